The van der Waals surface area contributed by atoms with Gasteiger partial charge in [0.25, 0.3) is 0 Å². The lowest BCUT2D eigenvalue weighted by Gasteiger charge is -2.12. The number of rotatable bonds is 6. The van der Waals surface area contributed by atoms with E-state index >= 15 is 0 Å². The van der Waals surface area contributed by atoms with Crippen LogP contribution in [0.5, 0.6) is 0 Å². The van der Waals surface area contributed by atoms with E-state index in [0.717, 1.165) is 0 Å². The highest BCUT2D eigenvalue weighted by molar-refractivity contribution is 7.89. The molecular weight excluding hydrogens is 218 g/mol. The van der Waals surface area contributed by atoms with Crippen LogP contribution < -0.4 is 4.72 Å². The lowest BCUT2D eigenvalue weighted by Crippen LogP contribution is -2.35. The van der Waals surface area contributed by atoms with E-state index in [1.165, 1.54) is 12.4 Å². The van der Waals surface area contributed by atoms with Gasteiger partial charge in [-0.3, -0.25) is 5.10 Å². The summed E-state index contributed by atoms with van der Waals surface area (Å²) in [6, 6.07) is -0.259. The van der Waals surface area contributed by atoms with Crippen molar-refractivity contribution in [1.82, 2.24) is 14.9 Å². The number of H-pyrrole nitrogens is 1. The van der Waals surface area contributed by atoms with Gasteiger partial charge in [-0.1, -0.05) is 0 Å². The number of hydrogen-bond donors (Lipinski definition) is 2. The van der Waals surface area contributed by atoms with Gasteiger partial charge in [0.2, 0.25) is 10.0 Å². The van der Waals surface area contributed by atoms with Crippen LogP contribution in [0.2, 0.25) is 0 Å². The molecule has 0 bridgehead atoms. The molecule has 1 aromatic rings. The largest absolute Gasteiger partial charge is 0.380 e. The van der Waals surface area contributed by atoms with Gasteiger partial charge in [-0.25, -0.2) is 13.1 Å². The fourth-order valence-corrected chi connectivity index (χ4v) is 2.18. The van der Waals surface area contributed by atoms with Crippen molar-refractivity contribution in [3.63, 3.8) is 0 Å². The van der Waals surface area contributed by atoms with Gasteiger partial charge in [-0.2, -0.15) is 5.10 Å². The van der Waals surface area contributed by atoms with E-state index in [4.69, 9.17) is 4.74 Å². The predicted octanol–water partition coefficient (Wildman–Crippen LogP) is 0.113. The first-order valence-corrected chi connectivity index (χ1v) is 6.13. The summed E-state index contributed by atoms with van der Waals surface area (Å²) in [5.74, 6) is 0. The number of aromatic nitrogens is 2. The van der Waals surface area contributed by atoms with Crippen molar-refractivity contribution < 1.29 is 13.2 Å². The third-order valence-corrected chi connectivity index (χ3v) is 3.27. The molecule has 86 valence electrons. The maximum Gasteiger partial charge on any atom is 0.244 e. The van der Waals surface area contributed by atoms with Crippen LogP contribution >= 0.6 is 0 Å². The van der Waals surface area contributed by atoms with Gasteiger partial charge in [0.05, 0.1) is 12.8 Å². The predicted molar refractivity (Wildman–Crippen MR) is 54.9 cm³/mol. The molecule has 6 nitrogen and oxygen atoms in total. The van der Waals surface area contributed by atoms with E-state index in [1.54, 1.807) is 6.92 Å². The molecule has 0 radical (unpaired) electrons. The first-order chi connectivity index (χ1) is 7.06. The Balaban J connectivity index is 2.57. The Hall–Kier alpha value is -0.920. The number of sulfonamides is 1. The van der Waals surface area contributed by atoms with Crippen LogP contribution in [0.4, 0.5) is 0 Å². The monoisotopic (exact) mass is 233 g/mol. The summed E-state index contributed by atoms with van der Waals surface area (Å²) in [4.78, 5) is 0.130. The van der Waals surface area contributed by atoms with E-state index in [0.29, 0.717) is 13.2 Å². The molecule has 0 aliphatic carbocycles. The lowest BCUT2D eigenvalue weighted by molar-refractivity contribution is 0.133. The summed E-state index contributed by atoms with van der Waals surface area (Å²) < 4.78 is 30.9. The standard InChI is InChI=1S/C8H15N3O3S/c1-3-14-6-7(2)11-15(12,13)8-4-9-10-5-8/h4-5,7,11H,3,6H2,1-2H3,(H,9,10). The molecule has 0 spiro atoms. The van der Waals surface area contributed by atoms with Crippen LogP contribution in [-0.2, 0) is 14.8 Å². The van der Waals surface area contributed by atoms with Crippen molar-refractivity contribution in [2.45, 2.75) is 24.8 Å². The summed E-state index contributed by atoms with van der Waals surface area (Å²) >= 11 is 0. The summed E-state index contributed by atoms with van der Waals surface area (Å²) in [5, 5.41) is 6.03. The Kier molecular flexibility index (Phi) is 4.25. The molecule has 1 heterocycles. The van der Waals surface area contributed by atoms with Crippen molar-refractivity contribution in [3.05, 3.63) is 12.4 Å². The zero-order valence-electron chi connectivity index (χ0n) is 8.73. The molecule has 0 aliphatic heterocycles. The topological polar surface area (TPSA) is 84.1 Å². The van der Waals surface area contributed by atoms with Crippen molar-refractivity contribution in [1.29, 1.82) is 0 Å². The Bertz CT molecular complexity index is 374. The molecule has 7 heteroatoms. The van der Waals surface area contributed by atoms with Gasteiger partial charge in [0.1, 0.15) is 4.90 Å². The van der Waals surface area contributed by atoms with Gasteiger partial charge in [0, 0.05) is 18.8 Å². The number of nitrogens with zero attached hydrogens (tertiary/aromatic N) is 1. The second kappa shape index (κ2) is 5.24. The molecule has 1 aromatic heterocycles. The van der Waals surface area contributed by atoms with Gasteiger partial charge in [-0.15, -0.1) is 0 Å². The minimum atomic E-state index is -3.47. The Morgan fingerprint density at radius 3 is 2.93 bits per heavy atom. The molecule has 2 N–H and O–H groups in total. The first-order valence-electron chi connectivity index (χ1n) is 4.65. The maximum atomic E-state index is 11.6. The summed E-state index contributed by atoms with van der Waals surface area (Å²) in [6.45, 7) is 4.52. The Labute approximate surface area is 89.1 Å². The van der Waals surface area contributed by atoms with E-state index in [9.17, 15) is 8.42 Å². The SMILES string of the molecule is CCOCC(C)NS(=O)(=O)c1cn[nH]c1. The lowest BCUT2D eigenvalue weighted by atomic mass is 10.4. The molecular formula is C8H15N3O3S. The summed E-state index contributed by atoms with van der Waals surface area (Å²) in [6.07, 6.45) is 2.59. The van der Waals surface area contributed by atoms with Crippen LogP contribution in [0, 0.1) is 0 Å². The third kappa shape index (κ3) is 3.61. The third-order valence-electron chi connectivity index (χ3n) is 1.71. The van der Waals surface area contributed by atoms with Crippen LogP contribution in [-0.4, -0.2) is 37.9 Å². The summed E-state index contributed by atoms with van der Waals surface area (Å²) in [5.41, 5.74) is 0. The normalized spacial score (nSPS) is 14.0. The van der Waals surface area contributed by atoms with Crippen molar-refractivity contribution >= 4 is 10.0 Å². The fraction of sp³-hybridized carbons (Fsp3) is 0.625. The van der Waals surface area contributed by atoms with E-state index in [2.05, 4.69) is 14.9 Å². The number of aromatic amines is 1. The molecule has 1 unspecified atom stereocenters. The quantitative estimate of drug-likeness (QED) is 0.730. The Morgan fingerprint density at radius 1 is 1.67 bits per heavy atom. The minimum Gasteiger partial charge on any atom is -0.380 e. The maximum absolute atomic E-state index is 11.6. The molecule has 15 heavy (non-hydrogen) atoms. The van der Waals surface area contributed by atoms with Crippen LogP contribution in [0.1, 0.15) is 13.8 Å². The highest BCUT2D eigenvalue weighted by atomic mass is 32.2. The molecule has 0 amide bonds. The molecule has 0 aliphatic rings. The second-order valence-corrected chi connectivity index (χ2v) is 4.83. The van der Waals surface area contributed by atoms with E-state index in [-0.39, 0.29) is 10.9 Å². The summed E-state index contributed by atoms with van der Waals surface area (Å²) in [7, 11) is -3.47. The number of ether oxygens (including phenoxy) is 1. The van der Waals surface area contributed by atoms with Gasteiger partial charge in [0.15, 0.2) is 0 Å². The molecule has 0 aromatic carbocycles. The van der Waals surface area contributed by atoms with Crippen molar-refractivity contribution in [2.75, 3.05) is 13.2 Å². The minimum absolute atomic E-state index is 0.130. The smallest absolute Gasteiger partial charge is 0.244 e. The highest BCUT2D eigenvalue weighted by Crippen LogP contribution is 2.05. The van der Waals surface area contributed by atoms with E-state index < -0.39 is 10.0 Å². The van der Waals surface area contributed by atoms with Gasteiger partial charge in [-0.05, 0) is 13.8 Å². The van der Waals surface area contributed by atoms with E-state index in [1.807, 2.05) is 6.92 Å². The van der Waals surface area contributed by atoms with Crippen molar-refractivity contribution in [2.24, 2.45) is 0 Å². The molecule has 0 saturated carbocycles. The zero-order valence-corrected chi connectivity index (χ0v) is 9.54. The highest BCUT2D eigenvalue weighted by Gasteiger charge is 2.17. The van der Waals surface area contributed by atoms with Crippen LogP contribution in [0.3, 0.4) is 0 Å². The molecule has 1 atom stereocenters. The van der Waals surface area contributed by atoms with Gasteiger partial charge >= 0.3 is 0 Å². The Morgan fingerprint density at radius 2 is 2.40 bits per heavy atom. The first kappa shape index (κ1) is 12.2. The van der Waals surface area contributed by atoms with Crippen LogP contribution in [0.15, 0.2) is 17.3 Å². The molecule has 0 fully saturated rings. The number of hydrogen-bond acceptors (Lipinski definition) is 4. The molecule has 0 saturated heterocycles. The fourth-order valence-electron chi connectivity index (χ4n) is 1.05. The number of nitrogens with one attached hydrogen (secondary N) is 2. The average Bonchev–Trinajstić information content (AvgIpc) is 2.67. The van der Waals surface area contributed by atoms with Crippen molar-refractivity contribution in [3.8, 4) is 0 Å². The van der Waals surface area contributed by atoms with Crippen LogP contribution in [0.25, 0.3) is 0 Å². The van der Waals surface area contributed by atoms with Gasteiger partial charge < -0.3 is 4.74 Å². The zero-order chi connectivity index (χ0) is 11.3. The second-order valence-electron chi connectivity index (χ2n) is 3.12. The molecule has 1 rings (SSSR count). The average molecular weight is 233 g/mol.